The largest absolute Gasteiger partial charge is 0.462 e. The van der Waals surface area contributed by atoms with Crippen molar-refractivity contribution in [2.75, 3.05) is 13.2 Å². The van der Waals surface area contributed by atoms with E-state index in [2.05, 4.69) is 106 Å². The number of hydrogen-bond acceptors (Lipinski definition) is 3. The fraction of sp³-hybridized carbons (Fsp3) is 0.759. The van der Waals surface area contributed by atoms with Crippen LogP contribution < -0.4 is 0 Å². The summed E-state index contributed by atoms with van der Waals surface area (Å²) >= 11 is 0. The first-order valence-electron chi connectivity index (χ1n) is 12.2. The molecule has 0 N–H and O–H groups in total. The first-order valence-corrected chi connectivity index (χ1v) is 12.2. The standard InChI is InChI=1S/C29H48O3/c1-25(2,3)17-23(21-15-13-12-14-16-21)28(9,10)27(7,8)20-29(11,26(4,5)6)24(30)32-19-22-18-31-22/h12-16,22-23H,17-20H2,1-11H3. The fourth-order valence-corrected chi connectivity index (χ4v) is 4.81. The molecule has 3 unspecified atom stereocenters. The Hall–Kier alpha value is -1.35. The highest BCUT2D eigenvalue weighted by Crippen LogP contribution is 2.59. The van der Waals surface area contributed by atoms with E-state index in [1.807, 2.05) is 0 Å². The van der Waals surface area contributed by atoms with E-state index in [9.17, 15) is 4.79 Å². The minimum absolute atomic E-state index is 0.0476. The van der Waals surface area contributed by atoms with Gasteiger partial charge >= 0.3 is 5.97 Å². The second-order valence-electron chi connectivity index (χ2n) is 13.6. The van der Waals surface area contributed by atoms with Gasteiger partial charge in [0.1, 0.15) is 12.7 Å². The van der Waals surface area contributed by atoms with E-state index >= 15 is 0 Å². The Balaban J connectivity index is 2.41. The van der Waals surface area contributed by atoms with Crippen molar-refractivity contribution in [1.29, 1.82) is 0 Å². The van der Waals surface area contributed by atoms with Crippen LogP contribution in [0, 0.1) is 27.1 Å². The van der Waals surface area contributed by atoms with Crippen LogP contribution in [0.25, 0.3) is 0 Å². The SMILES string of the molecule is CC(C)(C)CC(c1ccccc1)C(C)(C)C(C)(C)CC(C)(C(=O)OCC1CO1)C(C)(C)C. The number of epoxide rings is 1. The molecule has 1 fully saturated rings. The highest BCUT2D eigenvalue weighted by Gasteiger charge is 2.54. The van der Waals surface area contributed by atoms with Gasteiger partial charge in [-0.2, -0.15) is 0 Å². The molecule has 3 heteroatoms. The summed E-state index contributed by atoms with van der Waals surface area (Å²) in [4.78, 5) is 13.4. The second kappa shape index (κ2) is 9.12. The van der Waals surface area contributed by atoms with Gasteiger partial charge in [0.25, 0.3) is 0 Å². The monoisotopic (exact) mass is 444 g/mol. The molecule has 1 aromatic carbocycles. The van der Waals surface area contributed by atoms with Crippen molar-refractivity contribution < 1.29 is 14.3 Å². The van der Waals surface area contributed by atoms with Crippen molar-refractivity contribution in [3.63, 3.8) is 0 Å². The van der Waals surface area contributed by atoms with Gasteiger partial charge in [0.15, 0.2) is 0 Å². The lowest BCUT2D eigenvalue weighted by Gasteiger charge is -2.53. The van der Waals surface area contributed by atoms with E-state index in [0.29, 0.717) is 19.1 Å². The van der Waals surface area contributed by atoms with Gasteiger partial charge in [-0.3, -0.25) is 4.79 Å². The Bertz CT molecular complexity index is 760. The molecule has 0 bridgehead atoms. The molecule has 0 spiro atoms. The predicted octanol–water partition coefficient (Wildman–Crippen LogP) is 7.64. The van der Waals surface area contributed by atoms with Crippen LogP contribution in [0.5, 0.6) is 0 Å². The normalized spacial score (nSPS) is 20.4. The van der Waals surface area contributed by atoms with Crippen molar-refractivity contribution in [3.05, 3.63) is 35.9 Å². The molecule has 3 nitrogen and oxygen atoms in total. The van der Waals surface area contributed by atoms with Crippen LogP contribution in [-0.4, -0.2) is 25.3 Å². The third-order valence-electron chi connectivity index (χ3n) is 8.34. The lowest BCUT2D eigenvalue weighted by atomic mass is 9.50. The molecule has 0 radical (unpaired) electrons. The van der Waals surface area contributed by atoms with Crippen molar-refractivity contribution in [2.24, 2.45) is 27.1 Å². The van der Waals surface area contributed by atoms with E-state index in [0.717, 1.165) is 12.8 Å². The van der Waals surface area contributed by atoms with E-state index in [1.165, 1.54) is 5.56 Å². The summed E-state index contributed by atoms with van der Waals surface area (Å²) in [5.41, 5.74) is 0.583. The average molecular weight is 445 g/mol. The van der Waals surface area contributed by atoms with E-state index in [1.54, 1.807) is 0 Å². The minimum atomic E-state index is -0.606. The zero-order valence-electron chi connectivity index (χ0n) is 22.6. The molecule has 0 aromatic heterocycles. The van der Waals surface area contributed by atoms with Crippen LogP contribution in [0.2, 0.25) is 0 Å². The maximum atomic E-state index is 13.4. The Kier molecular flexibility index (Phi) is 7.67. The fourth-order valence-electron chi connectivity index (χ4n) is 4.81. The number of rotatable bonds is 9. The Morgan fingerprint density at radius 3 is 1.94 bits per heavy atom. The molecule has 1 aliphatic rings. The highest BCUT2D eigenvalue weighted by molar-refractivity contribution is 5.77. The van der Waals surface area contributed by atoms with Crippen molar-refractivity contribution >= 4 is 5.97 Å². The molecule has 0 saturated carbocycles. The topological polar surface area (TPSA) is 38.8 Å². The van der Waals surface area contributed by atoms with Gasteiger partial charge in [-0.25, -0.2) is 0 Å². The van der Waals surface area contributed by atoms with Gasteiger partial charge < -0.3 is 9.47 Å². The summed E-state index contributed by atoms with van der Waals surface area (Å²) in [6.07, 6.45) is 1.93. The number of carbonyl (C=O) groups excluding carboxylic acids is 1. The van der Waals surface area contributed by atoms with Gasteiger partial charge in [0, 0.05) is 0 Å². The van der Waals surface area contributed by atoms with Gasteiger partial charge in [0.05, 0.1) is 12.0 Å². The van der Waals surface area contributed by atoms with Gasteiger partial charge in [0.2, 0.25) is 0 Å². The van der Waals surface area contributed by atoms with Gasteiger partial charge in [-0.05, 0) is 52.9 Å². The summed E-state index contributed by atoms with van der Waals surface area (Å²) < 4.78 is 11.0. The van der Waals surface area contributed by atoms with Gasteiger partial charge in [-0.1, -0.05) is 99.6 Å². The van der Waals surface area contributed by atoms with E-state index in [4.69, 9.17) is 9.47 Å². The number of esters is 1. The van der Waals surface area contributed by atoms with E-state index < -0.39 is 5.41 Å². The summed E-state index contributed by atoms with van der Waals surface area (Å²) in [6, 6.07) is 10.9. The lowest BCUT2D eigenvalue weighted by molar-refractivity contribution is -0.168. The third kappa shape index (κ3) is 6.16. The first kappa shape index (κ1) is 26.9. The van der Waals surface area contributed by atoms with Crippen LogP contribution in [0.1, 0.15) is 100 Å². The Morgan fingerprint density at radius 2 is 1.50 bits per heavy atom. The van der Waals surface area contributed by atoms with Crippen LogP contribution in [0.4, 0.5) is 0 Å². The molecular weight excluding hydrogens is 396 g/mol. The van der Waals surface area contributed by atoms with Crippen LogP contribution >= 0.6 is 0 Å². The number of carbonyl (C=O) groups is 1. The Labute approximate surface area is 197 Å². The van der Waals surface area contributed by atoms with E-state index in [-0.39, 0.29) is 33.7 Å². The molecule has 182 valence electrons. The summed E-state index contributed by atoms with van der Waals surface area (Å²) in [5, 5.41) is 0. The molecule has 1 aliphatic heterocycles. The molecule has 3 atom stereocenters. The molecule has 32 heavy (non-hydrogen) atoms. The zero-order valence-corrected chi connectivity index (χ0v) is 22.6. The Morgan fingerprint density at radius 1 is 0.969 bits per heavy atom. The maximum Gasteiger partial charge on any atom is 0.312 e. The summed E-state index contributed by atoms with van der Waals surface area (Å²) in [7, 11) is 0. The molecular formula is C29H48O3. The minimum Gasteiger partial charge on any atom is -0.462 e. The third-order valence-corrected chi connectivity index (χ3v) is 8.34. The summed E-state index contributed by atoms with van der Waals surface area (Å²) in [5.74, 6) is 0.273. The second-order valence-corrected chi connectivity index (χ2v) is 13.6. The number of hydrogen-bond donors (Lipinski definition) is 0. The van der Waals surface area contributed by atoms with Crippen LogP contribution in [0.3, 0.4) is 0 Å². The van der Waals surface area contributed by atoms with Crippen molar-refractivity contribution in [1.82, 2.24) is 0 Å². The predicted molar refractivity (Wildman–Crippen MR) is 134 cm³/mol. The first-order chi connectivity index (χ1) is 14.4. The average Bonchev–Trinajstić information content (AvgIpc) is 3.47. The highest BCUT2D eigenvalue weighted by atomic mass is 16.6. The lowest BCUT2D eigenvalue weighted by Crippen LogP contribution is -2.49. The molecule has 2 rings (SSSR count). The quantitative estimate of drug-likeness (QED) is 0.290. The smallest absolute Gasteiger partial charge is 0.312 e. The molecule has 0 amide bonds. The van der Waals surface area contributed by atoms with Crippen LogP contribution in [-0.2, 0) is 14.3 Å². The molecule has 0 aliphatic carbocycles. The molecule has 1 heterocycles. The van der Waals surface area contributed by atoms with Crippen LogP contribution in [0.15, 0.2) is 30.3 Å². The maximum absolute atomic E-state index is 13.4. The summed E-state index contributed by atoms with van der Waals surface area (Å²) in [6.45, 7) is 26.1. The van der Waals surface area contributed by atoms with Crippen molar-refractivity contribution in [3.8, 4) is 0 Å². The van der Waals surface area contributed by atoms with Crippen molar-refractivity contribution in [2.45, 2.75) is 101 Å². The molecule has 1 saturated heterocycles. The molecule has 1 aromatic rings. The number of benzene rings is 1. The number of ether oxygens (including phenoxy) is 2. The van der Waals surface area contributed by atoms with Gasteiger partial charge in [-0.15, -0.1) is 0 Å². The zero-order chi connectivity index (χ0) is 24.6.